The van der Waals surface area contributed by atoms with Crippen molar-refractivity contribution < 1.29 is 14.5 Å². The van der Waals surface area contributed by atoms with Crippen LogP contribution in [0.2, 0.25) is 0 Å². The number of hydrogen-bond donors (Lipinski definition) is 1. The van der Waals surface area contributed by atoms with Crippen LogP contribution in [0.4, 0.5) is 11.4 Å². The van der Waals surface area contributed by atoms with E-state index in [0.29, 0.717) is 5.69 Å². The van der Waals surface area contributed by atoms with Crippen molar-refractivity contribution in [2.75, 3.05) is 11.9 Å². The zero-order valence-electron chi connectivity index (χ0n) is 11.7. The quantitative estimate of drug-likeness (QED) is 0.647. The molecule has 6 nitrogen and oxygen atoms in total. The summed E-state index contributed by atoms with van der Waals surface area (Å²) in [6, 6.07) is 11.1. The summed E-state index contributed by atoms with van der Waals surface area (Å²) in [6.45, 7) is 1.72. The second-order valence-corrected chi connectivity index (χ2v) is 5.41. The van der Waals surface area contributed by atoms with Gasteiger partial charge < -0.3 is 10.1 Å². The lowest BCUT2D eigenvalue weighted by atomic mass is 10.2. The summed E-state index contributed by atoms with van der Waals surface area (Å²) < 4.78 is 6.15. The molecule has 2 rings (SSSR count). The van der Waals surface area contributed by atoms with Crippen molar-refractivity contribution in [2.45, 2.75) is 6.92 Å². The molecule has 1 amide bonds. The average molecular weight is 365 g/mol. The molecule has 0 unspecified atom stereocenters. The van der Waals surface area contributed by atoms with E-state index in [4.69, 9.17) is 4.74 Å². The first-order valence-corrected chi connectivity index (χ1v) is 7.18. The number of carbonyl (C=O) groups is 1. The smallest absolute Gasteiger partial charge is 0.273 e. The van der Waals surface area contributed by atoms with E-state index in [1.165, 1.54) is 18.2 Å². The first-order valence-electron chi connectivity index (χ1n) is 6.39. The van der Waals surface area contributed by atoms with E-state index >= 15 is 0 Å². The van der Waals surface area contributed by atoms with Crippen LogP contribution in [0.15, 0.2) is 46.9 Å². The van der Waals surface area contributed by atoms with Crippen molar-refractivity contribution in [1.29, 1.82) is 0 Å². The summed E-state index contributed by atoms with van der Waals surface area (Å²) in [4.78, 5) is 22.0. The molecule has 0 saturated carbocycles. The lowest BCUT2D eigenvalue weighted by Gasteiger charge is -2.08. The molecule has 22 heavy (non-hydrogen) atoms. The first-order chi connectivity index (χ1) is 10.5. The minimum absolute atomic E-state index is 0.0830. The van der Waals surface area contributed by atoms with Gasteiger partial charge in [0.2, 0.25) is 0 Å². The first kappa shape index (κ1) is 16.0. The molecule has 0 aliphatic rings. The third kappa shape index (κ3) is 4.29. The minimum Gasteiger partial charge on any atom is -0.484 e. The SMILES string of the molecule is Cc1ccc(NC(=O)COc2cccc([N+](=O)[O-])c2)cc1Br. The van der Waals surface area contributed by atoms with Crippen LogP contribution in [-0.4, -0.2) is 17.4 Å². The maximum atomic E-state index is 11.8. The van der Waals surface area contributed by atoms with E-state index in [0.717, 1.165) is 10.0 Å². The normalized spacial score (nSPS) is 10.1. The number of nitro benzene ring substituents is 1. The zero-order chi connectivity index (χ0) is 16.1. The van der Waals surface area contributed by atoms with Gasteiger partial charge in [0.1, 0.15) is 5.75 Å². The van der Waals surface area contributed by atoms with E-state index in [2.05, 4.69) is 21.2 Å². The molecule has 0 heterocycles. The molecule has 0 aliphatic heterocycles. The number of nitro groups is 1. The molecule has 2 aromatic carbocycles. The largest absolute Gasteiger partial charge is 0.484 e. The molecule has 1 N–H and O–H groups in total. The fourth-order valence-electron chi connectivity index (χ4n) is 1.70. The van der Waals surface area contributed by atoms with E-state index in [-0.39, 0.29) is 24.0 Å². The molecule has 2 aromatic rings. The Hall–Kier alpha value is -2.41. The van der Waals surface area contributed by atoms with Crippen molar-refractivity contribution in [2.24, 2.45) is 0 Å². The number of non-ortho nitro benzene ring substituents is 1. The molecule has 0 aliphatic carbocycles. The second-order valence-electron chi connectivity index (χ2n) is 4.56. The molecule has 0 radical (unpaired) electrons. The van der Waals surface area contributed by atoms with Gasteiger partial charge in [-0.15, -0.1) is 0 Å². The molecule has 0 fully saturated rings. The molecule has 114 valence electrons. The predicted octanol–water partition coefficient (Wildman–Crippen LogP) is 3.68. The molecular weight excluding hydrogens is 352 g/mol. The molecule has 7 heteroatoms. The van der Waals surface area contributed by atoms with Gasteiger partial charge in [-0.3, -0.25) is 14.9 Å². The maximum Gasteiger partial charge on any atom is 0.273 e. The van der Waals surface area contributed by atoms with Gasteiger partial charge in [-0.2, -0.15) is 0 Å². The Morgan fingerprint density at radius 1 is 1.32 bits per heavy atom. The van der Waals surface area contributed by atoms with Crippen molar-refractivity contribution >= 4 is 33.2 Å². The summed E-state index contributed by atoms with van der Waals surface area (Å²) in [5, 5.41) is 13.3. The highest BCUT2D eigenvalue weighted by atomic mass is 79.9. The Balaban J connectivity index is 1.94. The predicted molar refractivity (Wildman–Crippen MR) is 86.1 cm³/mol. The summed E-state index contributed by atoms with van der Waals surface area (Å²) in [5.41, 5.74) is 1.62. The third-order valence-electron chi connectivity index (χ3n) is 2.85. The number of aryl methyl sites for hydroxylation is 1. The molecule has 0 aromatic heterocycles. The number of ether oxygens (including phenoxy) is 1. The molecule has 0 bridgehead atoms. The van der Waals surface area contributed by atoms with Gasteiger partial charge in [0.25, 0.3) is 11.6 Å². The van der Waals surface area contributed by atoms with E-state index in [1.807, 2.05) is 13.0 Å². The van der Waals surface area contributed by atoms with Crippen LogP contribution in [0.1, 0.15) is 5.56 Å². The van der Waals surface area contributed by atoms with Gasteiger partial charge in [0.15, 0.2) is 6.61 Å². The molecular formula is C15H13BrN2O4. The number of amides is 1. The average Bonchev–Trinajstić information content (AvgIpc) is 2.49. The Labute approximate surface area is 135 Å². The van der Waals surface area contributed by atoms with Gasteiger partial charge in [0, 0.05) is 16.2 Å². The maximum absolute atomic E-state index is 11.8. The van der Waals surface area contributed by atoms with E-state index < -0.39 is 4.92 Å². The summed E-state index contributed by atoms with van der Waals surface area (Å²) in [7, 11) is 0. The van der Waals surface area contributed by atoms with Gasteiger partial charge in [-0.1, -0.05) is 28.1 Å². The van der Waals surface area contributed by atoms with Crippen molar-refractivity contribution in [3.63, 3.8) is 0 Å². The van der Waals surface area contributed by atoms with Crippen LogP contribution in [0.5, 0.6) is 5.75 Å². The van der Waals surface area contributed by atoms with Crippen molar-refractivity contribution in [3.8, 4) is 5.75 Å². The van der Waals surface area contributed by atoms with Crippen LogP contribution >= 0.6 is 15.9 Å². The lowest BCUT2D eigenvalue weighted by Crippen LogP contribution is -2.20. The number of nitrogens with zero attached hydrogens (tertiary/aromatic N) is 1. The third-order valence-corrected chi connectivity index (χ3v) is 3.71. The Morgan fingerprint density at radius 3 is 2.77 bits per heavy atom. The van der Waals surface area contributed by atoms with Gasteiger partial charge in [-0.05, 0) is 30.7 Å². The number of carbonyl (C=O) groups excluding carboxylic acids is 1. The second kappa shape index (κ2) is 7.04. The van der Waals surface area contributed by atoms with Crippen LogP contribution in [0.25, 0.3) is 0 Å². The summed E-state index contributed by atoms with van der Waals surface area (Å²) >= 11 is 3.39. The Morgan fingerprint density at radius 2 is 2.09 bits per heavy atom. The number of halogens is 1. The Bertz CT molecular complexity index is 718. The zero-order valence-corrected chi connectivity index (χ0v) is 13.3. The van der Waals surface area contributed by atoms with E-state index in [9.17, 15) is 14.9 Å². The van der Waals surface area contributed by atoms with Gasteiger partial charge in [0.05, 0.1) is 11.0 Å². The van der Waals surface area contributed by atoms with Crippen molar-refractivity contribution in [3.05, 3.63) is 62.6 Å². The fraction of sp³-hybridized carbons (Fsp3) is 0.133. The van der Waals surface area contributed by atoms with Gasteiger partial charge >= 0.3 is 0 Å². The Kier molecular flexibility index (Phi) is 5.11. The van der Waals surface area contributed by atoms with Crippen LogP contribution in [-0.2, 0) is 4.79 Å². The highest BCUT2D eigenvalue weighted by Crippen LogP contribution is 2.21. The monoisotopic (exact) mass is 364 g/mol. The molecule has 0 spiro atoms. The lowest BCUT2D eigenvalue weighted by molar-refractivity contribution is -0.384. The number of hydrogen-bond acceptors (Lipinski definition) is 4. The highest BCUT2D eigenvalue weighted by molar-refractivity contribution is 9.10. The van der Waals surface area contributed by atoms with Crippen molar-refractivity contribution in [1.82, 2.24) is 0 Å². The number of anilines is 1. The standard InChI is InChI=1S/C15H13BrN2O4/c1-10-5-6-11(7-14(10)16)17-15(19)9-22-13-4-2-3-12(8-13)18(20)21/h2-8H,9H2,1H3,(H,17,19). The van der Waals surface area contributed by atoms with Gasteiger partial charge in [-0.25, -0.2) is 0 Å². The fourth-order valence-corrected chi connectivity index (χ4v) is 2.08. The molecule has 0 saturated heterocycles. The molecule has 0 atom stereocenters. The topological polar surface area (TPSA) is 81.5 Å². The minimum atomic E-state index is -0.517. The number of rotatable bonds is 5. The van der Waals surface area contributed by atoms with Crippen LogP contribution < -0.4 is 10.1 Å². The summed E-state index contributed by atoms with van der Waals surface area (Å²) in [6.07, 6.45) is 0. The van der Waals surface area contributed by atoms with Crippen LogP contribution in [0.3, 0.4) is 0 Å². The highest BCUT2D eigenvalue weighted by Gasteiger charge is 2.09. The van der Waals surface area contributed by atoms with E-state index in [1.54, 1.807) is 18.2 Å². The number of benzene rings is 2. The number of nitrogens with one attached hydrogen (secondary N) is 1. The van der Waals surface area contributed by atoms with Crippen LogP contribution in [0, 0.1) is 17.0 Å². The summed E-state index contributed by atoms with van der Waals surface area (Å²) in [5.74, 6) is -0.0725.